The summed E-state index contributed by atoms with van der Waals surface area (Å²) in [4.78, 5) is 26.8. The number of nitrogens with zero attached hydrogens (tertiary/aromatic N) is 2. The van der Waals surface area contributed by atoms with Crippen molar-refractivity contribution in [1.82, 2.24) is 9.47 Å². The lowest BCUT2D eigenvalue weighted by molar-refractivity contribution is -0.144. The third-order valence-corrected chi connectivity index (χ3v) is 5.23. The molecule has 0 spiro atoms. The highest BCUT2D eigenvalue weighted by molar-refractivity contribution is 5.82. The lowest BCUT2D eigenvalue weighted by Gasteiger charge is -2.32. The average Bonchev–Trinajstić information content (AvgIpc) is 3.02. The highest BCUT2D eigenvalue weighted by Gasteiger charge is 2.39. The van der Waals surface area contributed by atoms with E-state index >= 15 is 0 Å². The second-order valence-electron chi connectivity index (χ2n) is 8.57. The Balaban J connectivity index is 2.12. The molecule has 1 fully saturated rings. The first-order valence-corrected chi connectivity index (χ1v) is 9.42. The first kappa shape index (κ1) is 20.4. The maximum atomic E-state index is 13.7. The van der Waals surface area contributed by atoms with Crippen LogP contribution in [-0.2, 0) is 17.5 Å². The molecule has 2 aromatic rings. The fraction of sp³-hybridized carbons (Fsp3) is 0.524. The zero-order valence-electron chi connectivity index (χ0n) is 16.6. The van der Waals surface area contributed by atoms with Gasteiger partial charge < -0.3 is 9.47 Å². The van der Waals surface area contributed by atoms with Crippen LogP contribution in [0.15, 0.2) is 29.1 Å². The van der Waals surface area contributed by atoms with Gasteiger partial charge in [-0.1, -0.05) is 32.4 Å². The van der Waals surface area contributed by atoms with Gasteiger partial charge in [0.2, 0.25) is 5.91 Å². The number of pyridine rings is 1. The van der Waals surface area contributed by atoms with Gasteiger partial charge >= 0.3 is 6.18 Å². The Hall–Kier alpha value is -2.31. The number of halogens is 3. The van der Waals surface area contributed by atoms with Crippen molar-refractivity contribution in [1.29, 1.82) is 0 Å². The van der Waals surface area contributed by atoms with E-state index in [1.807, 2.05) is 20.8 Å². The number of fused-ring (bicyclic) bond motifs is 1. The van der Waals surface area contributed by atoms with Crippen molar-refractivity contribution in [2.75, 3.05) is 6.54 Å². The number of amides is 1. The van der Waals surface area contributed by atoms with Crippen molar-refractivity contribution < 1.29 is 18.0 Å². The summed E-state index contributed by atoms with van der Waals surface area (Å²) in [6.45, 7) is 7.77. The molecule has 152 valence electrons. The molecule has 0 bridgehead atoms. The zero-order valence-corrected chi connectivity index (χ0v) is 16.6. The van der Waals surface area contributed by atoms with Crippen LogP contribution in [0, 0.1) is 12.3 Å². The minimum atomic E-state index is -4.66. The van der Waals surface area contributed by atoms with Crippen LogP contribution in [0.5, 0.6) is 0 Å². The summed E-state index contributed by atoms with van der Waals surface area (Å²) in [6.07, 6.45) is -3.26. The Morgan fingerprint density at radius 3 is 2.46 bits per heavy atom. The van der Waals surface area contributed by atoms with Crippen LogP contribution in [0.2, 0.25) is 0 Å². The van der Waals surface area contributed by atoms with Crippen molar-refractivity contribution in [2.24, 2.45) is 5.41 Å². The number of alkyl halides is 3. The summed E-state index contributed by atoms with van der Waals surface area (Å²) in [5.41, 5.74) is -1.15. The van der Waals surface area contributed by atoms with Crippen molar-refractivity contribution in [2.45, 2.75) is 59.3 Å². The highest BCUT2D eigenvalue weighted by Crippen LogP contribution is 2.33. The van der Waals surface area contributed by atoms with Crippen LogP contribution in [0.25, 0.3) is 10.9 Å². The molecule has 1 aromatic heterocycles. The highest BCUT2D eigenvalue weighted by atomic mass is 19.4. The number of hydrogen-bond acceptors (Lipinski definition) is 2. The fourth-order valence-corrected chi connectivity index (χ4v) is 3.86. The van der Waals surface area contributed by atoms with Gasteiger partial charge in [0.1, 0.15) is 5.69 Å². The van der Waals surface area contributed by atoms with E-state index < -0.39 is 22.7 Å². The lowest BCUT2D eigenvalue weighted by Crippen LogP contribution is -2.44. The fourth-order valence-electron chi connectivity index (χ4n) is 3.86. The maximum absolute atomic E-state index is 13.7. The summed E-state index contributed by atoms with van der Waals surface area (Å²) in [6, 6.07) is 5.21. The predicted molar refractivity (Wildman–Crippen MR) is 102 cm³/mol. The lowest BCUT2D eigenvalue weighted by atomic mass is 9.94. The Morgan fingerprint density at radius 1 is 1.18 bits per heavy atom. The van der Waals surface area contributed by atoms with Gasteiger partial charge in [0, 0.05) is 36.0 Å². The van der Waals surface area contributed by atoms with E-state index in [4.69, 9.17) is 0 Å². The van der Waals surface area contributed by atoms with E-state index in [2.05, 4.69) is 0 Å². The van der Waals surface area contributed by atoms with Crippen LogP contribution in [0.1, 0.15) is 44.9 Å². The second-order valence-corrected chi connectivity index (χ2v) is 8.57. The van der Waals surface area contributed by atoms with Crippen molar-refractivity contribution in [3.63, 3.8) is 0 Å². The largest absolute Gasteiger partial charge is 0.431 e. The molecule has 0 radical (unpaired) electrons. The molecular formula is C21H25F3N2O2. The molecule has 0 saturated carbocycles. The molecule has 0 aliphatic carbocycles. The van der Waals surface area contributed by atoms with Crippen molar-refractivity contribution >= 4 is 16.8 Å². The van der Waals surface area contributed by atoms with Crippen molar-refractivity contribution in [3.8, 4) is 0 Å². The monoisotopic (exact) mass is 394 g/mol. The van der Waals surface area contributed by atoms with E-state index in [0.717, 1.165) is 16.6 Å². The number of benzene rings is 1. The Bertz CT molecular complexity index is 970. The van der Waals surface area contributed by atoms with Crippen LogP contribution in [-0.4, -0.2) is 28.0 Å². The zero-order chi connectivity index (χ0) is 20.9. The minimum Gasteiger partial charge on any atom is -0.337 e. The van der Waals surface area contributed by atoms with Gasteiger partial charge in [-0.05, 0) is 31.9 Å². The van der Waals surface area contributed by atoms with E-state index in [-0.39, 0.29) is 29.4 Å². The topological polar surface area (TPSA) is 42.3 Å². The molecule has 1 aromatic carbocycles. The number of carbonyl (C=O) groups excluding carboxylic acids is 1. The number of carbonyl (C=O) groups is 1. The van der Waals surface area contributed by atoms with E-state index in [0.29, 0.717) is 19.0 Å². The summed E-state index contributed by atoms with van der Waals surface area (Å²) >= 11 is 0. The molecule has 28 heavy (non-hydrogen) atoms. The van der Waals surface area contributed by atoms with Gasteiger partial charge in [0.25, 0.3) is 0 Å². The minimum absolute atomic E-state index is 0.0104. The van der Waals surface area contributed by atoms with Gasteiger partial charge in [-0.15, -0.1) is 0 Å². The third kappa shape index (κ3) is 3.80. The predicted octanol–water partition coefficient (Wildman–Crippen LogP) is 4.37. The molecule has 1 atom stereocenters. The van der Waals surface area contributed by atoms with Gasteiger partial charge in [-0.2, -0.15) is 13.2 Å². The van der Waals surface area contributed by atoms with Gasteiger partial charge in [0.05, 0.1) is 5.52 Å². The summed E-state index contributed by atoms with van der Waals surface area (Å²) < 4.78 is 42.3. The van der Waals surface area contributed by atoms with E-state index in [9.17, 15) is 22.8 Å². The molecular weight excluding hydrogens is 369 g/mol. The first-order valence-electron chi connectivity index (χ1n) is 9.42. The summed E-state index contributed by atoms with van der Waals surface area (Å²) in [5.74, 6) is -0.0650. The van der Waals surface area contributed by atoms with Gasteiger partial charge in [-0.3, -0.25) is 9.59 Å². The van der Waals surface area contributed by atoms with Crippen LogP contribution in [0.3, 0.4) is 0 Å². The molecule has 1 aliphatic rings. The van der Waals surface area contributed by atoms with Crippen LogP contribution in [0.4, 0.5) is 13.2 Å². The van der Waals surface area contributed by atoms with E-state index in [1.165, 1.54) is 0 Å². The Kier molecular flexibility index (Phi) is 5.06. The standard InChI is InChI=1S/C21H25F3N2O2/c1-13-7-8-16-15(10-13)17(27)11-18(21(22,23)24)26(16)12-14-6-5-9-25(14)19(28)20(2,3)4/h7-8,10-11,14H,5-6,9,12H2,1-4H3/t14-/m1/s1. The SMILES string of the molecule is Cc1ccc2c(c1)c(=O)cc(C(F)(F)F)n2C[C@H]1CCCN1C(=O)C(C)(C)C. The summed E-state index contributed by atoms with van der Waals surface area (Å²) in [7, 11) is 0. The van der Waals surface area contributed by atoms with Gasteiger partial charge in [-0.25, -0.2) is 0 Å². The molecule has 1 aliphatic heterocycles. The quantitative estimate of drug-likeness (QED) is 0.759. The molecule has 1 saturated heterocycles. The summed E-state index contributed by atoms with van der Waals surface area (Å²) in [5, 5.41) is 0.264. The normalized spacial score (nSPS) is 18.1. The van der Waals surface area contributed by atoms with Crippen molar-refractivity contribution in [3.05, 3.63) is 45.7 Å². The molecule has 7 heteroatoms. The Labute approximate surface area is 161 Å². The smallest absolute Gasteiger partial charge is 0.337 e. The number of rotatable bonds is 2. The third-order valence-electron chi connectivity index (χ3n) is 5.23. The van der Waals surface area contributed by atoms with E-state index in [1.54, 1.807) is 30.0 Å². The average molecular weight is 394 g/mol. The molecule has 3 rings (SSSR count). The maximum Gasteiger partial charge on any atom is 0.431 e. The number of likely N-dealkylation sites (tertiary alicyclic amines) is 1. The second kappa shape index (κ2) is 6.94. The van der Waals surface area contributed by atoms with Gasteiger partial charge in [0.15, 0.2) is 5.43 Å². The first-order chi connectivity index (χ1) is 12.9. The molecule has 0 unspecified atom stereocenters. The Morgan fingerprint density at radius 2 is 1.86 bits per heavy atom. The number of hydrogen-bond donors (Lipinski definition) is 0. The number of aromatic nitrogens is 1. The number of aryl methyl sites for hydroxylation is 1. The molecule has 2 heterocycles. The van der Waals surface area contributed by atoms with Crippen LogP contribution < -0.4 is 5.43 Å². The molecule has 1 amide bonds. The molecule has 4 nitrogen and oxygen atoms in total. The van der Waals surface area contributed by atoms with Crippen LogP contribution >= 0.6 is 0 Å². The molecule has 0 N–H and O–H groups in total.